The van der Waals surface area contributed by atoms with E-state index in [1.807, 2.05) is 42.5 Å². The third-order valence-corrected chi connectivity index (χ3v) is 4.35. The van der Waals surface area contributed by atoms with E-state index in [0.717, 1.165) is 23.4 Å². The number of rotatable bonds is 5. The number of amides is 1. The van der Waals surface area contributed by atoms with Crippen molar-refractivity contribution >= 4 is 11.9 Å². The molecule has 7 nitrogen and oxygen atoms in total. The van der Waals surface area contributed by atoms with Crippen LogP contribution < -0.4 is 10.1 Å². The lowest BCUT2D eigenvalue weighted by molar-refractivity contribution is -0.116. The van der Waals surface area contributed by atoms with Gasteiger partial charge in [0.15, 0.2) is 0 Å². The van der Waals surface area contributed by atoms with E-state index < -0.39 is 0 Å². The highest BCUT2D eigenvalue weighted by Crippen LogP contribution is 2.35. The van der Waals surface area contributed by atoms with Gasteiger partial charge >= 0.3 is 0 Å². The van der Waals surface area contributed by atoms with Crippen LogP contribution in [0.25, 0.3) is 0 Å². The molecule has 26 heavy (non-hydrogen) atoms. The Bertz CT molecular complexity index is 894. The number of hydrogen-bond acceptors (Lipinski definition) is 5. The smallest absolute Gasteiger partial charge is 0.248 e. The number of carbonyl (C=O) groups is 1. The third-order valence-electron chi connectivity index (χ3n) is 4.35. The van der Waals surface area contributed by atoms with Crippen molar-refractivity contribution in [3.05, 3.63) is 66.2 Å². The largest absolute Gasteiger partial charge is 0.493 e. The molecule has 0 spiro atoms. The van der Waals surface area contributed by atoms with Crippen LogP contribution in [-0.2, 0) is 11.3 Å². The average Bonchev–Trinajstić information content (AvgIpc) is 3.09. The summed E-state index contributed by atoms with van der Waals surface area (Å²) in [5.41, 5.74) is 1.97. The molecule has 1 amide bonds. The van der Waals surface area contributed by atoms with Gasteiger partial charge in [-0.05, 0) is 36.1 Å². The molecule has 0 aliphatic carbocycles. The Morgan fingerprint density at radius 2 is 2.08 bits per heavy atom. The first-order chi connectivity index (χ1) is 12.8. The first-order valence-electron chi connectivity index (χ1n) is 8.59. The van der Waals surface area contributed by atoms with Crippen LogP contribution in [0, 0.1) is 0 Å². The highest BCUT2D eigenvalue weighted by Gasteiger charge is 2.23. The average molecular weight is 349 g/mol. The van der Waals surface area contributed by atoms with E-state index in [9.17, 15) is 4.79 Å². The molecule has 3 aromatic rings. The molecule has 1 aliphatic heterocycles. The monoisotopic (exact) mass is 349 g/mol. The molecule has 132 valence electrons. The van der Waals surface area contributed by atoms with Crippen LogP contribution in [0.3, 0.4) is 0 Å². The van der Waals surface area contributed by atoms with Crippen molar-refractivity contribution in [2.75, 3.05) is 11.9 Å². The minimum absolute atomic E-state index is 0.0951. The van der Waals surface area contributed by atoms with Crippen molar-refractivity contribution in [2.24, 2.45) is 0 Å². The number of ether oxygens (including phenoxy) is 1. The predicted molar refractivity (Wildman–Crippen MR) is 95.9 cm³/mol. The van der Waals surface area contributed by atoms with Crippen LogP contribution in [-0.4, -0.2) is 32.3 Å². The summed E-state index contributed by atoms with van der Waals surface area (Å²) in [6, 6.07) is 13.6. The Kier molecular flexibility index (Phi) is 4.59. The fourth-order valence-corrected chi connectivity index (χ4v) is 3.11. The standard InChI is InChI=1S/C19H19N5O2/c25-18(11-14-8-10-26-17-7-2-1-6-16(14)17)22-19-21-13-24(23-19)12-15-5-3-4-9-20-15/h1-7,9,13-14H,8,10-12H2,(H,22,23,25). The van der Waals surface area contributed by atoms with Crippen LogP contribution in [0.15, 0.2) is 55.0 Å². The van der Waals surface area contributed by atoms with E-state index in [4.69, 9.17) is 4.74 Å². The molecule has 1 aliphatic rings. The predicted octanol–water partition coefficient (Wildman–Crippen LogP) is 2.62. The van der Waals surface area contributed by atoms with Gasteiger partial charge in [0.05, 0.1) is 18.8 Å². The molecule has 0 radical (unpaired) electrons. The Morgan fingerprint density at radius 1 is 1.19 bits per heavy atom. The van der Waals surface area contributed by atoms with Crippen LogP contribution >= 0.6 is 0 Å². The number of carbonyl (C=O) groups excluding carboxylic acids is 1. The van der Waals surface area contributed by atoms with Crippen molar-refractivity contribution in [2.45, 2.75) is 25.3 Å². The van der Waals surface area contributed by atoms with E-state index in [2.05, 4.69) is 20.4 Å². The van der Waals surface area contributed by atoms with Crippen LogP contribution in [0.1, 0.15) is 30.0 Å². The number of benzene rings is 1. The van der Waals surface area contributed by atoms with Crippen molar-refractivity contribution in [3.63, 3.8) is 0 Å². The molecule has 1 N–H and O–H groups in total. The molecule has 0 saturated carbocycles. The van der Waals surface area contributed by atoms with Crippen LogP contribution in [0.5, 0.6) is 5.75 Å². The Morgan fingerprint density at radius 3 is 2.96 bits per heavy atom. The first-order valence-corrected chi connectivity index (χ1v) is 8.59. The van der Waals surface area contributed by atoms with Crippen LogP contribution in [0.4, 0.5) is 5.95 Å². The number of fused-ring (bicyclic) bond motifs is 1. The molecular formula is C19H19N5O2. The highest BCUT2D eigenvalue weighted by molar-refractivity contribution is 5.89. The number of nitrogens with one attached hydrogen (secondary N) is 1. The number of nitrogens with zero attached hydrogens (tertiary/aromatic N) is 4. The lowest BCUT2D eigenvalue weighted by Gasteiger charge is -2.25. The molecule has 1 aromatic carbocycles. The molecule has 2 aromatic heterocycles. The van der Waals surface area contributed by atoms with Crippen molar-refractivity contribution < 1.29 is 9.53 Å². The minimum atomic E-state index is -0.0951. The quantitative estimate of drug-likeness (QED) is 0.766. The van der Waals surface area contributed by atoms with E-state index in [-0.39, 0.29) is 11.8 Å². The summed E-state index contributed by atoms with van der Waals surface area (Å²) in [5, 5.41) is 7.07. The van der Waals surface area contributed by atoms with Crippen molar-refractivity contribution in [3.8, 4) is 5.75 Å². The van der Waals surface area contributed by atoms with E-state index >= 15 is 0 Å². The number of pyridine rings is 1. The summed E-state index contributed by atoms with van der Waals surface area (Å²) in [6.45, 7) is 1.14. The summed E-state index contributed by atoms with van der Waals surface area (Å²) in [4.78, 5) is 20.8. The van der Waals surface area contributed by atoms with Gasteiger partial charge in [0.2, 0.25) is 11.9 Å². The summed E-state index contributed by atoms with van der Waals surface area (Å²) in [6.07, 6.45) is 4.54. The molecule has 7 heteroatoms. The highest BCUT2D eigenvalue weighted by atomic mass is 16.5. The van der Waals surface area contributed by atoms with E-state index in [0.29, 0.717) is 25.5 Å². The summed E-state index contributed by atoms with van der Waals surface area (Å²) >= 11 is 0. The van der Waals surface area contributed by atoms with Crippen molar-refractivity contribution in [1.82, 2.24) is 19.7 Å². The maximum atomic E-state index is 12.4. The van der Waals surface area contributed by atoms with E-state index in [1.54, 1.807) is 17.2 Å². The van der Waals surface area contributed by atoms with Gasteiger partial charge in [0.1, 0.15) is 12.1 Å². The fourth-order valence-electron chi connectivity index (χ4n) is 3.11. The number of para-hydroxylation sites is 1. The second-order valence-corrected chi connectivity index (χ2v) is 6.21. The zero-order valence-corrected chi connectivity index (χ0v) is 14.2. The van der Waals surface area contributed by atoms with Gasteiger partial charge in [-0.3, -0.25) is 15.1 Å². The van der Waals surface area contributed by atoms with Gasteiger partial charge in [0, 0.05) is 12.6 Å². The topological polar surface area (TPSA) is 81.9 Å². The fraction of sp³-hybridized carbons (Fsp3) is 0.263. The van der Waals surface area contributed by atoms with Gasteiger partial charge in [-0.15, -0.1) is 5.10 Å². The maximum absolute atomic E-state index is 12.4. The number of aromatic nitrogens is 4. The van der Waals surface area contributed by atoms with Gasteiger partial charge in [-0.1, -0.05) is 24.3 Å². The summed E-state index contributed by atoms with van der Waals surface area (Å²) in [7, 11) is 0. The van der Waals surface area contributed by atoms with Gasteiger partial charge in [-0.25, -0.2) is 9.67 Å². The first kappa shape index (κ1) is 16.3. The molecular weight excluding hydrogens is 330 g/mol. The minimum Gasteiger partial charge on any atom is -0.493 e. The Balaban J connectivity index is 1.37. The molecule has 0 fully saturated rings. The van der Waals surface area contributed by atoms with Gasteiger partial charge < -0.3 is 4.74 Å². The number of hydrogen-bond donors (Lipinski definition) is 1. The lowest BCUT2D eigenvalue weighted by atomic mass is 9.90. The second kappa shape index (κ2) is 7.35. The van der Waals surface area contributed by atoms with E-state index in [1.165, 1.54) is 0 Å². The molecule has 1 unspecified atom stereocenters. The molecule has 4 rings (SSSR count). The third kappa shape index (κ3) is 3.72. The second-order valence-electron chi connectivity index (χ2n) is 6.21. The number of anilines is 1. The van der Waals surface area contributed by atoms with Crippen molar-refractivity contribution in [1.29, 1.82) is 0 Å². The van der Waals surface area contributed by atoms with Gasteiger partial charge in [0.25, 0.3) is 0 Å². The molecule has 0 bridgehead atoms. The normalized spacial score (nSPS) is 15.8. The summed E-state index contributed by atoms with van der Waals surface area (Å²) < 4.78 is 7.30. The van der Waals surface area contributed by atoms with Crippen LogP contribution in [0.2, 0.25) is 0 Å². The Hall–Kier alpha value is -3.22. The molecule has 0 saturated heterocycles. The zero-order chi connectivity index (χ0) is 17.8. The molecule has 1 atom stereocenters. The molecule has 3 heterocycles. The Labute approximate surface area is 151 Å². The summed E-state index contributed by atoms with van der Waals surface area (Å²) in [5.74, 6) is 1.23. The zero-order valence-electron chi connectivity index (χ0n) is 14.2. The van der Waals surface area contributed by atoms with Gasteiger partial charge in [-0.2, -0.15) is 0 Å². The SMILES string of the molecule is O=C(CC1CCOc2ccccc21)Nc1ncn(Cc2ccccn2)n1. The lowest BCUT2D eigenvalue weighted by Crippen LogP contribution is -2.21. The maximum Gasteiger partial charge on any atom is 0.248 e.